The van der Waals surface area contributed by atoms with Gasteiger partial charge in [0.05, 0.1) is 20.3 Å². The van der Waals surface area contributed by atoms with Crippen molar-refractivity contribution in [3.63, 3.8) is 0 Å². The molecule has 0 fully saturated rings. The van der Waals surface area contributed by atoms with Crippen molar-refractivity contribution < 1.29 is 19.0 Å². The van der Waals surface area contributed by atoms with Crippen molar-refractivity contribution in [3.8, 4) is 11.5 Å². The van der Waals surface area contributed by atoms with Gasteiger partial charge in [-0.1, -0.05) is 32.3 Å². The second kappa shape index (κ2) is 13.6. The molecule has 0 heterocycles. The zero-order valence-corrected chi connectivity index (χ0v) is 16.0. The van der Waals surface area contributed by atoms with Crippen LogP contribution in [0, 0.1) is 0 Å². The smallest absolute Gasteiger partial charge is 0.330 e. The number of unbranched alkanes of at least 4 members (excludes halogenated alkanes) is 4. The van der Waals surface area contributed by atoms with Gasteiger partial charge in [0.1, 0.15) is 0 Å². The quantitative estimate of drug-likeness (QED) is 0.207. The Morgan fingerprint density at radius 2 is 1.88 bits per heavy atom. The van der Waals surface area contributed by atoms with Crippen molar-refractivity contribution in [2.45, 2.75) is 45.4 Å². The summed E-state index contributed by atoms with van der Waals surface area (Å²) in [6.45, 7) is 3.23. The third-order valence-corrected chi connectivity index (χ3v) is 3.89. The van der Waals surface area contributed by atoms with Gasteiger partial charge in [-0.3, -0.25) is 0 Å². The molecule has 5 heteroatoms. The van der Waals surface area contributed by atoms with Crippen LogP contribution in [-0.2, 0) is 9.53 Å². The second-order valence-corrected chi connectivity index (χ2v) is 6.09. The van der Waals surface area contributed by atoms with Gasteiger partial charge in [-0.15, -0.1) is 11.6 Å². The fourth-order valence-corrected chi connectivity index (χ4v) is 2.36. The van der Waals surface area contributed by atoms with Gasteiger partial charge in [0.2, 0.25) is 0 Å². The lowest BCUT2D eigenvalue weighted by Gasteiger charge is -2.10. The molecular formula is C20H29ClO4. The number of halogens is 1. The molecule has 0 aliphatic carbocycles. The largest absolute Gasteiger partial charge is 0.493 e. The third kappa shape index (κ3) is 9.40. The number of methoxy groups -OCH3 is 1. The molecule has 1 aromatic rings. The van der Waals surface area contributed by atoms with E-state index in [0.29, 0.717) is 30.6 Å². The van der Waals surface area contributed by atoms with E-state index in [-0.39, 0.29) is 5.97 Å². The third-order valence-electron chi connectivity index (χ3n) is 3.63. The molecule has 140 valence electrons. The van der Waals surface area contributed by atoms with Gasteiger partial charge in [-0.05, 0) is 43.0 Å². The molecule has 0 aromatic heterocycles. The van der Waals surface area contributed by atoms with Crippen molar-refractivity contribution in [2.24, 2.45) is 0 Å². The van der Waals surface area contributed by atoms with E-state index in [2.05, 4.69) is 6.92 Å². The lowest BCUT2D eigenvalue weighted by atomic mass is 10.2. The van der Waals surface area contributed by atoms with Crippen molar-refractivity contribution in [1.29, 1.82) is 0 Å². The predicted octanol–water partition coefficient (Wildman–Crippen LogP) is 5.23. The van der Waals surface area contributed by atoms with Crippen molar-refractivity contribution in [2.75, 3.05) is 26.2 Å². The highest BCUT2D eigenvalue weighted by Gasteiger charge is 2.05. The monoisotopic (exact) mass is 368 g/mol. The predicted molar refractivity (Wildman–Crippen MR) is 103 cm³/mol. The fraction of sp³-hybridized carbons (Fsp3) is 0.550. The van der Waals surface area contributed by atoms with E-state index in [1.165, 1.54) is 6.08 Å². The van der Waals surface area contributed by atoms with Crippen molar-refractivity contribution in [1.82, 2.24) is 0 Å². The molecule has 0 saturated carbocycles. The number of benzene rings is 1. The van der Waals surface area contributed by atoms with E-state index in [4.69, 9.17) is 25.8 Å². The summed E-state index contributed by atoms with van der Waals surface area (Å²) < 4.78 is 16.2. The first-order valence-electron chi connectivity index (χ1n) is 8.93. The zero-order valence-electron chi connectivity index (χ0n) is 15.3. The molecule has 0 saturated heterocycles. The van der Waals surface area contributed by atoms with Gasteiger partial charge in [0.15, 0.2) is 11.5 Å². The molecule has 25 heavy (non-hydrogen) atoms. The first-order chi connectivity index (χ1) is 12.2. The number of alkyl halides is 1. The Labute approximate surface area is 156 Å². The average molecular weight is 369 g/mol. The molecule has 1 rings (SSSR count). The maximum absolute atomic E-state index is 11.7. The first-order valence-corrected chi connectivity index (χ1v) is 9.46. The van der Waals surface area contributed by atoms with Crippen LogP contribution in [0.3, 0.4) is 0 Å². The van der Waals surface area contributed by atoms with Gasteiger partial charge >= 0.3 is 5.97 Å². The summed E-state index contributed by atoms with van der Waals surface area (Å²) in [5.74, 6) is 1.73. The fourth-order valence-electron chi connectivity index (χ4n) is 2.17. The summed E-state index contributed by atoms with van der Waals surface area (Å²) >= 11 is 5.62. The highest BCUT2D eigenvalue weighted by Crippen LogP contribution is 2.28. The number of carbonyl (C=O) groups is 1. The summed E-state index contributed by atoms with van der Waals surface area (Å²) in [6.07, 6.45) is 9.22. The van der Waals surface area contributed by atoms with Crippen LogP contribution in [0.4, 0.5) is 0 Å². The Bertz CT molecular complexity index is 528. The molecule has 0 aliphatic rings. The van der Waals surface area contributed by atoms with Crippen molar-refractivity contribution in [3.05, 3.63) is 29.8 Å². The molecular weight excluding hydrogens is 340 g/mol. The number of hydrogen-bond acceptors (Lipinski definition) is 4. The van der Waals surface area contributed by atoms with Crippen molar-refractivity contribution >= 4 is 23.6 Å². The molecule has 0 N–H and O–H groups in total. The van der Waals surface area contributed by atoms with Crippen LogP contribution in [0.25, 0.3) is 6.08 Å². The number of rotatable bonds is 13. The highest BCUT2D eigenvalue weighted by molar-refractivity contribution is 6.17. The topological polar surface area (TPSA) is 44.8 Å². The summed E-state index contributed by atoms with van der Waals surface area (Å²) in [5, 5.41) is 0. The lowest BCUT2D eigenvalue weighted by Crippen LogP contribution is -2.02. The van der Waals surface area contributed by atoms with Crippen LogP contribution in [0.5, 0.6) is 11.5 Å². The van der Waals surface area contributed by atoms with E-state index in [9.17, 15) is 4.79 Å². The van der Waals surface area contributed by atoms with Gasteiger partial charge in [0, 0.05) is 12.0 Å². The maximum atomic E-state index is 11.7. The van der Waals surface area contributed by atoms with Crippen LogP contribution < -0.4 is 9.47 Å². The minimum Gasteiger partial charge on any atom is -0.493 e. The number of ether oxygens (including phenoxy) is 3. The number of hydrogen-bond donors (Lipinski definition) is 0. The van der Waals surface area contributed by atoms with E-state index in [0.717, 1.165) is 44.1 Å². The minimum absolute atomic E-state index is 0.334. The van der Waals surface area contributed by atoms with Crippen LogP contribution in [0.2, 0.25) is 0 Å². The number of esters is 1. The molecule has 0 spiro atoms. The summed E-state index contributed by atoms with van der Waals surface area (Å²) in [6, 6.07) is 5.59. The normalized spacial score (nSPS) is 10.8. The Balaban J connectivity index is 2.44. The SMILES string of the molecule is CCCCOc1ccc(C=CC(=O)OCCCCCCCl)cc1OC. The molecule has 1 aromatic carbocycles. The van der Waals surface area contributed by atoms with E-state index in [1.807, 2.05) is 18.2 Å². The summed E-state index contributed by atoms with van der Waals surface area (Å²) in [4.78, 5) is 11.7. The molecule has 4 nitrogen and oxygen atoms in total. The minimum atomic E-state index is -0.334. The molecule has 0 radical (unpaired) electrons. The van der Waals surface area contributed by atoms with Gasteiger partial charge in [0.25, 0.3) is 0 Å². The molecule has 0 atom stereocenters. The maximum Gasteiger partial charge on any atom is 0.330 e. The van der Waals surface area contributed by atoms with Gasteiger partial charge in [-0.2, -0.15) is 0 Å². The Kier molecular flexibility index (Phi) is 11.6. The van der Waals surface area contributed by atoms with Gasteiger partial charge < -0.3 is 14.2 Å². The van der Waals surface area contributed by atoms with Gasteiger partial charge in [-0.25, -0.2) is 4.79 Å². The molecule has 0 unspecified atom stereocenters. The Morgan fingerprint density at radius 3 is 2.60 bits per heavy atom. The first kappa shape index (κ1) is 21.4. The van der Waals surface area contributed by atoms with Crippen LogP contribution in [0.15, 0.2) is 24.3 Å². The van der Waals surface area contributed by atoms with Crippen LogP contribution in [0.1, 0.15) is 51.0 Å². The molecule has 0 amide bonds. The Morgan fingerprint density at radius 1 is 1.08 bits per heavy atom. The highest BCUT2D eigenvalue weighted by atomic mass is 35.5. The van der Waals surface area contributed by atoms with E-state index in [1.54, 1.807) is 13.2 Å². The molecule has 0 bridgehead atoms. The van der Waals surface area contributed by atoms with E-state index >= 15 is 0 Å². The van der Waals surface area contributed by atoms with Crippen LogP contribution in [-0.4, -0.2) is 32.2 Å². The second-order valence-electron chi connectivity index (χ2n) is 5.72. The Hall–Kier alpha value is -1.68. The zero-order chi connectivity index (χ0) is 18.3. The lowest BCUT2D eigenvalue weighted by molar-refractivity contribution is -0.137. The summed E-state index contributed by atoms with van der Waals surface area (Å²) in [5.41, 5.74) is 0.860. The number of carbonyl (C=O) groups excluding carboxylic acids is 1. The average Bonchev–Trinajstić information content (AvgIpc) is 2.63. The standard InChI is InChI=1S/C20H29ClO4/c1-3-4-14-24-18-11-9-17(16-19(18)23-2)10-12-20(22)25-15-8-6-5-7-13-21/h9-12,16H,3-8,13-15H2,1-2H3. The summed E-state index contributed by atoms with van der Waals surface area (Å²) in [7, 11) is 1.61. The molecule has 0 aliphatic heterocycles. The van der Waals surface area contributed by atoms with Crippen LogP contribution >= 0.6 is 11.6 Å². The van der Waals surface area contributed by atoms with E-state index < -0.39 is 0 Å².